The molecular weight excluding hydrogens is 250 g/mol. The van der Waals surface area contributed by atoms with Crippen LogP contribution in [0.2, 0.25) is 0 Å². The van der Waals surface area contributed by atoms with Crippen LogP contribution in [0.4, 0.5) is 8.78 Å². The number of piperidine rings is 2. The number of hydrogen-bond acceptors (Lipinski definition) is 2. The first-order valence-corrected chi connectivity index (χ1v) is 7.30. The second-order valence-electron chi connectivity index (χ2n) is 6.12. The second-order valence-corrected chi connectivity index (χ2v) is 6.12. The standard InChI is InChI=1S/C14H24F2N2O/c1-11(2)17-8-4-12(5-9-17)13(19)18-7-3-6-14(15,16)10-18/h11-12H,3-10H2,1-2H3. The van der Waals surface area contributed by atoms with Gasteiger partial charge in [-0.2, -0.15) is 0 Å². The molecule has 19 heavy (non-hydrogen) atoms. The third-order valence-corrected chi connectivity index (χ3v) is 4.31. The first-order valence-electron chi connectivity index (χ1n) is 7.30. The molecule has 0 aromatic rings. The molecule has 0 saturated carbocycles. The van der Waals surface area contributed by atoms with Crippen LogP contribution in [0.1, 0.15) is 39.5 Å². The van der Waals surface area contributed by atoms with Gasteiger partial charge >= 0.3 is 0 Å². The number of likely N-dealkylation sites (tertiary alicyclic amines) is 2. The fraction of sp³-hybridized carbons (Fsp3) is 0.929. The molecule has 0 spiro atoms. The van der Waals surface area contributed by atoms with Crippen molar-refractivity contribution in [1.82, 2.24) is 9.80 Å². The third-order valence-electron chi connectivity index (χ3n) is 4.31. The molecule has 2 aliphatic rings. The van der Waals surface area contributed by atoms with Crippen molar-refractivity contribution in [3.8, 4) is 0 Å². The van der Waals surface area contributed by atoms with Gasteiger partial charge in [0.25, 0.3) is 5.92 Å². The fourth-order valence-corrected chi connectivity index (χ4v) is 3.08. The molecule has 0 aliphatic carbocycles. The summed E-state index contributed by atoms with van der Waals surface area (Å²) in [7, 11) is 0. The number of nitrogens with zero attached hydrogens (tertiary/aromatic N) is 2. The van der Waals surface area contributed by atoms with E-state index >= 15 is 0 Å². The van der Waals surface area contributed by atoms with E-state index in [1.165, 1.54) is 4.90 Å². The molecule has 0 aromatic carbocycles. The normalized spacial score (nSPS) is 25.8. The number of carbonyl (C=O) groups excluding carboxylic acids is 1. The molecule has 2 heterocycles. The number of rotatable bonds is 2. The van der Waals surface area contributed by atoms with Gasteiger partial charge in [0.1, 0.15) is 0 Å². The Hall–Kier alpha value is -0.710. The van der Waals surface area contributed by atoms with Gasteiger partial charge in [-0.15, -0.1) is 0 Å². The Bertz CT molecular complexity index is 325. The predicted molar refractivity (Wildman–Crippen MR) is 70.2 cm³/mol. The summed E-state index contributed by atoms with van der Waals surface area (Å²) >= 11 is 0. The van der Waals surface area contributed by atoms with Crippen LogP contribution in [0.15, 0.2) is 0 Å². The van der Waals surface area contributed by atoms with E-state index in [4.69, 9.17) is 0 Å². The number of amides is 1. The molecule has 2 aliphatic heterocycles. The van der Waals surface area contributed by atoms with Gasteiger partial charge < -0.3 is 9.80 Å². The van der Waals surface area contributed by atoms with Gasteiger partial charge in [-0.1, -0.05) is 0 Å². The Morgan fingerprint density at radius 1 is 1.21 bits per heavy atom. The zero-order valence-corrected chi connectivity index (χ0v) is 11.9. The van der Waals surface area contributed by atoms with E-state index in [1.807, 2.05) is 0 Å². The van der Waals surface area contributed by atoms with Crippen molar-refractivity contribution in [2.75, 3.05) is 26.2 Å². The number of halogens is 2. The molecule has 0 radical (unpaired) electrons. The lowest BCUT2D eigenvalue weighted by atomic mass is 9.93. The quantitative estimate of drug-likeness (QED) is 0.772. The fourth-order valence-electron chi connectivity index (χ4n) is 3.08. The lowest BCUT2D eigenvalue weighted by molar-refractivity contribution is -0.147. The Balaban J connectivity index is 1.87. The minimum absolute atomic E-state index is 0.0519. The highest BCUT2D eigenvalue weighted by atomic mass is 19.3. The van der Waals surface area contributed by atoms with Gasteiger partial charge in [-0.05, 0) is 46.2 Å². The summed E-state index contributed by atoms with van der Waals surface area (Å²) in [6.07, 6.45) is 1.95. The van der Waals surface area contributed by atoms with Crippen molar-refractivity contribution in [2.45, 2.75) is 51.5 Å². The van der Waals surface area contributed by atoms with Crippen molar-refractivity contribution in [3.05, 3.63) is 0 Å². The number of carbonyl (C=O) groups is 1. The van der Waals surface area contributed by atoms with Gasteiger partial charge in [0.05, 0.1) is 6.54 Å². The van der Waals surface area contributed by atoms with Crippen LogP contribution >= 0.6 is 0 Å². The lowest BCUT2D eigenvalue weighted by Crippen LogP contribution is -2.50. The third kappa shape index (κ3) is 3.65. The first-order chi connectivity index (χ1) is 8.89. The molecule has 2 fully saturated rings. The van der Waals surface area contributed by atoms with E-state index in [2.05, 4.69) is 18.7 Å². The minimum atomic E-state index is -2.69. The van der Waals surface area contributed by atoms with Gasteiger partial charge in [0, 0.05) is 24.9 Å². The summed E-state index contributed by atoms with van der Waals surface area (Å²) in [6.45, 7) is 6.21. The Morgan fingerprint density at radius 3 is 2.37 bits per heavy atom. The summed E-state index contributed by atoms with van der Waals surface area (Å²) < 4.78 is 26.7. The maximum atomic E-state index is 13.3. The van der Waals surface area contributed by atoms with E-state index in [0.29, 0.717) is 19.0 Å². The molecule has 0 unspecified atom stereocenters. The lowest BCUT2D eigenvalue weighted by Gasteiger charge is -2.38. The average Bonchev–Trinajstić information content (AvgIpc) is 2.37. The zero-order valence-electron chi connectivity index (χ0n) is 11.9. The maximum Gasteiger partial charge on any atom is 0.265 e. The molecule has 3 nitrogen and oxygen atoms in total. The van der Waals surface area contributed by atoms with Gasteiger partial charge in [0.15, 0.2) is 0 Å². The van der Waals surface area contributed by atoms with Crippen LogP contribution < -0.4 is 0 Å². The van der Waals surface area contributed by atoms with Crippen LogP contribution in [0.5, 0.6) is 0 Å². The SMILES string of the molecule is CC(C)N1CCC(C(=O)N2CCCC(F)(F)C2)CC1. The Morgan fingerprint density at radius 2 is 1.84 bits per heavy atom. The van der Waals surface area contributed by atoms with Crippen LogP contribution in [-0.4, -0.2) is 53.9 Å². The zero-order chi connectivity index (χ0) is 14.0. The summed E-state index contributed by atoms with van der Waals surface area (Å²) in [5.41, 5.74) is 0. The summed E-state index contributed by atoms with van der Waals surface area (Å²) in [4.78, 5) is 16.0. The van der Waals surface area contributed by atoms with Crippen molar-refractivity contribution >= 4 is 5.91 Å². The largest absolute Gasteiger partial charge is 0.336 e. The van der Waals surface area contributed by atoms with Crippen LogP contribution in [0, 0.1) is 5.92 Å². The van der Waals surface area contributed by atoms with E-state index < -0.39 is 5.92 Å². The molecule has 0 aromatic heterocycles. The van der Waals surface area contributed by atoms with Gasteiger partial charge in [-0.25, -0.2) is 8.78 Å². The maximum absolute atomic E-state index is 13.3. The van der Waals surface area contributed by atoms with Crippen molar-refractivity contribution in [2.24, 2.45) is 5.92 Å². The van der Waals surface area contributed by atoms with Crippen molar-refractivity contribution in [1.29, 1.82) is 0 Å². The minimum Gasteiger partial charge on any atom is -0.336 e. The molecule has 110 valence electrons. The van der Waals surface area contributed by atoms with Crippen LogP contribution in [0.3, 0.4) is 0 Å². The van der Waals surface area contributed by atoms with Crippen LogP contribution in [-0.2, 0) is 4.79 Å². The first kappa shape index (κ1) is 14.7. The highest BCUT2D eigenvalue weighted by molar-refractivity contribution is 5.79. The van der Waals surface area contributed by atoms with Crippen molar-refractivity contribution < 1.29 is 13.6 Å². The number of alkyl halides is 2. The van der Waals surface area contributed by atoms with E-state index in [1.54, 1.807) is 0 Å². The molecule has 5 heteroatoms. The topological polar surface area (TPSA) is 23.6 Å². The average molecular weight is 274 g/mol. The second kappa shape index (κ2) is 5.73. The molecule has 0 N–H and O–H groups in total. The molecule has 1 amide bonds. The summed E-state index contributed by atoms with van der Waals surface area (Å²) in [5, 5.41) is 0. The van der Waals surface area contributed by atoms with E-state index in [0.717, 1.165) is 25.9 Å². The molecule has 0 bridgehead atoms. The van der Waals surface area contributed by atoms with E-state index in [9.17, 15) is 13.6 Å². The molecule has 0 atom stereocenters. The van der Waals surface area contributed by atoms with Crippen molar-refractivity contribution in [3.63, 3.8) is 0 Å². The molecule has 2 rings (SSSR count). The smallest absolute Gasteiger partial charge is 0.265 e. The monoisotopic (exact) mass is 274 g/mol. The Kier molecular flexibility index (Phi) is 4.43. The number of hydrogen-bond donors (Lipinski definition) is 0. The Labute approximate surface area is 113 Å². The summed E-state index contributed by atoms with van der Waals surface area (Å²) in [5.74, 6) is -2.79. The van der Waals surface area contributed by atoms with E-state index in [-0.39, 0.29) is 24.8 Å². The van der Waals surface area contributed by atoms with Gasteiger partial charge in [-0.3, -0.25) is 4.79 Å². The highest BCUT2D eigenvalue weighted by Gasteiger charge is 2.39. The summed E-state index contributed by atoms with van der Waals surface area (Å²) in [6, 6.07) is 0.496. The molecule has 2 saturated heterocycles. The predicted octanol–water partition coefficient (Wildman–Crippen LogP) is 2.36. The van der Waals surface area contributed by atoms with Gasteiger partial charge in [0.2, 0.25) is 5.91 Å². The van der Waals surface area contributed by atoms with Crippen LogP contribution in [0.25, 0.3) is 0 Å². The highest BCUT2D eigenvalue weighted by Crippen LogP contribution is 2.29. The molecular formula is C14H24F2N2O.